The van der Waals surface area contributed by atoms with Gasteiger partial charge in [0.25, 0.3) is 0 Å². The van der Waals surface area contributed by atoms with E-state index in [1.807, 2.05) is 36.4 Å². The van der Waals surface area contributed by atoms with E-state index in [-0.39, 0.29) is 38.6 Å². The molecule has 9 nitrogen and oxygen atoms in total. The van der Waals surface area contributed by atoms with E-state index in [0.717, 1.165) is 22.3 Å². The highest BCUT2D eigenvalue weighted by Crippen LogP contribution is 2.44. The Balaban J connectivity index is 1.54. The second-order valence-corrected chi connectivity index (χ2v) is 8.19. The standard InChI is InChI=1S/C26H32N2O7/c1-3-34-18(14-24(29)28(12-13-33-2)16-25(30)31)15-27-26(32)35-17-23-21-10-6-4-8-19(21)20-9-5-7-11-22(20)23/h4-11,18,23H,3,12-17H2,1-2H3,(H,27,32)(H,30,31). The van der Waals surface area contributed by atoms with Crippen molar-refractivity contribution in [3.63, 3.8) is 0 Å². The van der Waals surface area contributed by atoms with E-state index >= 15 is 0 Å². The molecule has 0 heterocycles. The number of benzene rings is 2. The number of alkyl carbamates (subject to hydrolysis) is 1. The molecule has 1 atom stereocenters. The Bertz CT molecular complexity index is 981. The average Bonchev–Trinajstić information content (AvgIpc) is 3.17. The summed E-state index contributed by atoms with van der Waals surface area (Å²) in [5.41, 5.74) is 4.53. The van der Waals surface area contributed by atoms with E-state index in [0.29, 0.717) is 6.61 Å². The minimum absolute atomic E-state index is 0.0530. The number of nitrogens with one attached hydrogen (secondary N) is 1. The molecule has 2 amide bonds. The molecule has 2 N–H and O–H groups in total. The number of hydrogen-bond donors (Lipinski definition) is 2. The second-order valence-electron chi connectivity index (χ2n) is 8.19. The quantitative estimate of drug-likeness (QED) is 0.449. The van der Waals surface area contributed by atoms with Gasteiger partial charge in [-0.15, -0.1) is 0 Å². The number of carboxylic acids is 1. The maximum Gasteiger partial charge on any atom is 0.407 e. The third kappa shape index (κ3) is 7.03. The number of carboxylic acid groups (broad SMARTS) is 1. The largest absolute Gasteiger partial charge is 0.480 e. The zero-order chi connectivity index (χ0) is 25.2. The first-order valence-electron chi connectivity index (χ1n) is 11.6. The molecule has 9 heteroatoms. The molecular formula is C26H32N2O7. The second kappa shape index (κ2) is 12.9. The number of nitrogens with zero attached hydrogens (tertiary/aromatic N) is 1. The van der Waals surface area contributed by atoms with E-state index in [1.54, 1.807) is 6.92 Å². The fraction of sp³-hybridized carbons (Fsp3) is 0.423. The third-order valence-corrected chi connectivity index (χ3v) is 5.87. The summed E-state index contributed by atoms with van der Waals surface area (Å²) in [6.45, 7) is 2.30. The van der Waals surface area contributed by atoms with Gasteiger partial charge in [0.1, 0.15) is 13.2 Å². The summed E-state index contributed by atoms with van der Waals surface area (Å²) in [6, 6.07) is 16.2. The van der Waals surface area contributed by atoms with Crippen molar-refractivity contribution in [2.75, 3.05) is 46.6 Å². The number of carbonyl (C=O) groups is 3. The van der Waals surface area contributed by atoms with Crippen molar-refractivity contribution >= 4 is 18.0 Å². The predicted molar refractivity (Wildman–Crippen MR) is 129 cm³/mol. The molecule has 188 valence electrons. The minimum atomic E-state index is -1.11. The fourth-order valence-electron chi connectivity index (χ4n) is 4.25. The van der Waals surface area contributed by atoms with E-state index in [4.69, 9.17) is 19.3 Å². The van der Waals surface area contributed by atoms with Crippen LogP contribution in [0, 0.1) is 0 Å². The molecule has 0 fully saturated rings. The van der Waals surface area contributed by atoms with Crippen LogP contribution in [-0.4, -0.2) is 80.6 Å². The van der Waals surface area contributed by atoms with Crippen molar-refractivity contribution < 1.29 is 33.7 Å². The maximum absolute atomic E-state index is 12.6. The first-order chi connectivity index (χ1) is 16.9. The van der Waals surface area contributed by atoms with Crippen LogP contribution in [0.15, 0.2) is 48.5 Å². The summed E-state index contributed by atoms with van der Waals surface area (Å²) < 4.78 is 16.1. The van der Waals surface area contributed by atoms with Crippen LogP contribution in [0.3, 0.4) is 0 Å². The van der Waals surface area contributed by atoms with Crippen molar-refractivity contribution in [1.82, 2.24) is 10.2 Å². The van der Waals surface area contributed by atoms with Crippen molar-refractivity contribution in [3.05, 3.63) is 59.7 Å². The van der Waals surface area contributed by atoms with Gasteiger partial charge in [-0.05, 0) is 29.2 Å². The van der Waals surface area contributed by atoms with Crippen LogP contribution in [0.25, 0.3) is 11.1 Å². The van der Waals surface area contributed by atoms with E-state index in [1.165, 1.54) is 12.0 Å². The molecule has 0 saturated heterocycles. The number of fused-ring (bicyclic) bond motifs is 3. The third-order valence-electron chi connectivity index (χ3n) is 5.87. The number of ether oxygens (including phenoxy) is 3. The first-order valence-corrected chi connectivity index (χ1v) is 11.6. The Labute approximate surface area is 205 Å². The van der Waals surface area contributed by atoms with E-state index in [9.17, 15) is 14.4 Å². The predicted octanol–water partition coefficient (Wildman–Crippen LogP) is 2.88. The molecule has 2 aromatic carbocycles. The molecule has 0 bridgehead atoms. The Morgan fingerprint density at radius 2 is 1.69 bits per heavy atom. The van der Waals surface area contributed by atoms with Gasteiger partial charge in [-0.25, -0.2) is 4.79 Å². The number of methoxy groups -OCH3 is 1. The number of amides is 2. The molecule has 1 unspecified atom stereocenters. The highest BCUT2D eigenvalue weighted by molar-refractivity contribution is 5.82. The average molecular weight is 485 g/mol. The lowest BCUT2D eigenvalue weighted by atomic mass is 9.98. The number of hydrogen-bond acceptors (Lipinski definition) is 6. The van der Waals surface area contributed by atoms with Crippen molar-refractivity contribution in [1.29, 1.82) is 0 Å². The van der Waals surface area contributed by atoms with Crippen LogP contribution in [0.1, 0.15) is 30.4 Å². The Morgan fingerprint density at radius 1 is 1.06 bits per heavy atom. The maximum atomic E-state index is 12.6. The van der Waals surface area contributed by atoms with Crippen LogP contribution in [0.5, 0.6) is 0 Å². The molecule has 35 heavy (non-hydrogen) atoms. The van der Waals surface area contributed by atoms with Gasteiger partial charge in [0.15, 0.2) is 0 Å². The van der Waals surface area contributed by atoms with Gasteiger partial charge in [-0.1, -0.05) is 48.5 Å². The van der Waals surface area contributed by atoms with Gasteiger partial charge in [-0.3, -0.25) is 9.59 Å². The normalized spacial score (nSPS) is 13.0. The van der Waals surface area contributed by atoms with Crippen molar-refractivity contribution in [3.8, 4) is 11.1 Å². The van der Waals surface area contributed by atoms with Crippen LogP contribution >= 0.6 is 0 Å². The summed E-state index contributed by atoms with van der Waals surface area (Å²) >= 11 is 0. The van der Waals surface area contributed by atoms with Gasteiger partial charge in [0.2, 0.25) is 5.91 Å². The number of rotatable bonds is 13. The Hall–Kier alpha value is -3.43. The lowest BCUT2D eigenvalue weighted by Crippen LogP contribution is -2.42. The van der Waals surface area contributed by atoms with Gasteiger partial charge in [-0.2, -0.15) is 0 Å². The molecule has 0 saturated carbocycles. The number of carbonyl (C=O) groups excluding carboxylic acids is 2. The van der Waals surface area contributed by atoms with E-state index < -0.39 is 30.6 Å². The molecule has 0 aliphatic heterocycles. The minimum Gasteiger partial charge on any atom is -0.480 e. The molecule has 2 aromatic rings. The molecule has 0 radical (unpaired) electrons. The summed E-state index contributed by atoms with van der Waals surface area (Å²) in [4.78, 5) is 37.4. The van der Waals surface area contributed by atoms with Crippen molar-refractivity contribution in [2.24, 2.45) is 0 Å². The van der Waals surface area contributed by atoms with Gasteiger partial charge in [0.05, 0.1) is 19.1 Å². The van der Waals surface area contributed by atoms with E-state index in [2.05, 4.69) is 17.4 Å². The van der Waals surface area contributed by atoms with Crippen LogP contribution in [0.4, 0.5) is 4.79 Å². The summed E-state index contributed by atoms with van der Waals surface area (Å²) in [7, 11) is 1.48. The zero-order valence-corrected chi connectivity index (χ0v) is 20.1. The van der Waals surface area contributed by atoms with Gasteiger partial charge >= 0.3 is 12.1 Å². The molecule has 0 aromatic heterocycles. The fourth-order valence-corrected chi connectivity index (χ4v) is 4.25. The van der Waals surface area contributed by atoms with Crippen LogP contribution < -0.4 is 5.32 Å². The Morgan fingerprint density at radius 3 is 2.26 bits per heavy atom. The molecule has 0 spiro atoms. The smallest absolute Gasteiger partial charge is 0.407 e. The summed E-state index contributed by atoms with van der Waals surface area (Å²) in [6.07, 6.45) is -1.30. The molecule has 1 aliphatic rings. The van der Waals surface area contributed by atoms with Gasteiger partial charge < -0.3 is 29.5 Å². The van der Waals surface area contributed by atoms with Crippen molar-refractivity contribution in [2.45, 2.75) is 25.4 Å². The Kier molecular flexibility index (Phi) is 9.63. The highest BCUT2D eigenvalue weighted by Gasteiger charge is 2.29. The first kappa shape index (κ1) is 26.2. The van der Waals surface area contributed by atoms with Crippen LogP contribution in [-0.2, 0) is 23.8 Å². The number of aliphatic carboxylic acids is 1. The SMILES string of the molecule is CCOC(CNC(=O)OCC1c2ccccc2-c2ccccc21)CC(=O)N(CCOC)CC(=O)O. The lowest BCUT2D eigenvalue weighted by molar-refractivity contribution is -0.146. The highest BCUT2D eigenvalue weighted by atomic mass is 16.5. The topological polar surface area (TPSA) is 114 Å². The van der Waals surface area contributed by atoms with Crippen LogP contribution in [0.2, 0.25) is 0 Å². The van der Waals surface area contributed by atoms with Gasteiger partial charge in [0, 0.05) is 32.7 Å². The molecule has 1 aliphatic carbocycles. The summed E-state index contributed by atoms with van der Waals surface area (Å²) in [5, 5.41) is 11.7. The molecular weight excluding hydrogens is 452 g/mol. The zero-order valence-electron chi connectivity index (χ0n) is 20.1. The lowest BCUT2D eigenvalue weighted by Gasteiger charge is -2.24. The molecule has 3 rings (SSSR count). The summed E-state index contributed by atoms with van der Waals surface area (Å²) in [5.74, 6) is -1.56. The monoisotopic (exact) mass is 484 g/mol.